The van der Waals surface area contributed by atoms with Gasteiger partial charge in [-0.3, -0.25) is 14.9 Å². The molecule has 3 aromatic carbocycles. The molecule has 2 atom stereocenters. The number of nitrogens with zero attached hydrogens (tertiary/aromatic N) is 2. The van der Waals surface area contributed by atoms with Gasteiger partial charge in [0.15, 0.2) is 5.58 Å². The lowest BCUT2D eigenvalue weighted by Gasteiger charge is -2.28. The number of carbonyl (C=O) groups is 1. The van der Waals surface area contributed by atoms with Crippen LogP contribution >= 0.6 is 0 Å². The average molecular weight is 531 g/mol. The third-order valence-corrected chi connectivity index (χ3v) is 6.79. The molecular weight excluding hydrogens is 506 g/mol. The number of benzene rings is 3. The predicted octanol–water partition coefficient (Wildman–Crippen LogP) is 5.85. The van der Waals surface area contributed by atoms with Crippen molar-refractivity contribution in [3.05, 3.63) is 106 Å². The molecule has 8 nitrogen and oxygen atoms in total. The first-order valence-electron chi connectivity index (χ1n) is 12.4. The summed E-state index contributed by atoms with van der Waals surface area (Å²) in [5, 5.41) is 7.09. The van der Waals surface area contributed by atoms with Crippen LogP contribution in [0, 0.1) is 0 Å². The van der Waals surface area contributed by atoms with Crippen molar-refractivity contribution in [2.24, 2.45) is 0 Å². The Morgan fingerprint density at radius 2 is 1.79 bits per heavy atom. The molecule has 0 saturated carbocycles. The number of aromatic nitrogens is 3. The monoisotopic (exact) mass is 530 g/mol. The summed E-state index contributed by atoms with van der Waals surface area (Å²) < 4.78 is 40.0. The van der Waals surface area contributed by atoms with Gasteiger partial charge < -0.3 is 14.1 Å². The Labute approximate surface area is 221 Å². The molecule has 0 fully saturated rings. The van der Waals surface area contributed by atoms with Crippen LogP contribution in [0.1, 0.15) is 53.2 Å². The number of hydrogen-bond donors (Lipinski definition) is 2. The number of amides is 1. The first-order chi connectivity index (χ1) is 18.7. The van der Waals surface area contributed by atoms with E-state index in [-0.39, 0.29) is 17.4 Å². The Bertz CT molecular complexity index is 1720. The molecule has 10 heteroatoms. The van der Waals surface area contributed by atoms with Gasteiger partial charge in [-0.2, -0.15) is 5.10 Å². The summed E-state index contributed by atoms with van der Waals surface area (Å²) in [4.78, 5) is 29.0. The van der Waals surface area contributed by atoms with Crippen LogP contribution in [0.3, 0.4) is 0 Å². The number of para-hydroxylation sites is 1. The maximum atomic E-state index is 14.3. The molecule has 1 amide bonds. The van der Waals surface area contributed by atoms with E-state index in [0.717, 1.165) is 17.4 Å². The maximum Gasteiger partial charge on any atom is 0.417 e. The van der Waals surface area contributed by atoms with Crippen LogP contribution in [0.5, 0.6) is 5.75 Å². The number of fused-ring (bicyclic) bond motifs is 2. The highest BCUT2D eigenvalue weighted by atomic mass is 19.3. The molecule has 0 bridgehead atoms. The number of ether oxygens (including phenoxy) is 1. The summed E-state index contributed by atoms with van der Waals surface area (Å²) in [5.41, 5.74) is 3.70. The van der Waals surface area contributed by atoms with E-state index in [1.807, 2.05) is 37.3 Å². The standard InChI is InChI=1S/C29H24F2N4O4/c1-16(17-7-4-3-5-8-17)38-19-13-11-18(12-14-19)25-22-23(20-9-6-10-21-26(20)39-28(37)32-21)33-34-24(22)27(36)35(25)15-29(2,30)31/h3-14,16,25H,15H2,1-2H3,(H,32,37)(H,33,34)/t16-,25?/m1/s1. The molecular formula is C29H24F2N4O4. The molecule has 2 aromatic heterocycles. The number of nitrogens with one attached hydrogen (secondary N) is 2. The topological polar surface area (TPSA) is 104 Å². The minimum absolute atomic E-state index is 0.118. The minimum Gasteiger partial charge on any atom is -0.486 e. The highest BCUT2D eigenvalue weighted by molar-refractivity contribution is 6.01. The zero-order valence-corrected chi connectivity index (χ0v) is 21.1. The Morgan fingerprint density at radius 1 is 1.05 bits per heavy atom. The molecule has 1 aliphatic rings. The molecule has 0 spiro atoms. The highest BCUT2D eigenvalue weighted by Gasteiger charge is 2.45. The van der Waals surface area contributed by atoms with Crippen LogP contribution in [-0.4, -0.2) is 38.5 Å². The SMILES string of the molecule is C[C@@H](Oc1ccc(C2c3c(-c4cccc5[nH]c(=O)oc45)n[nH]c3C(=O)N2CC(C)(F)F)cc1)c1ccccc1. The van der Waals surface area contributed by atoms with Crippen molar-refractivity contribution in [1.29, 1.82) is 0 Å². The van der Waals surface area contributed by atoms with Crippen LogP contribution in [0.25, 0.3) is 22.4 Å². The van der Waals surface area contributed by atoms with Crippen molar-refractivity contribution in [2.75, 3.05) is 6.54 Å². The highest BCUT2D eigenvalue weighted by Crippen LogP contribution is 2.45. The fourth-order valence-electron chi connectivity index (χ4n) is 5.10. The van der Waals surface area contributed by atoms with Gasteiger partial charge in [0, 0.05) is 18.1 Å². The fourth-order valence-corrected chi connectivity index (χ4v) is 5.10. The number of oxazole rings is 1. The number of H-pyrrole nitrogens is 2. The number of halogens is 2. The average Bonchev–Trinajstić information content (AvgIpc) is 3.58. The van der Waals surface area contributed by atoms with Gasteiger partial charge in [0.2, 0.25) is 0 Å². The second-order valence-electron chi connectivity index (χ2n) is 9.70. The van der Waals surface area contributed by atoms with Crippen molar-refractivity contribution in [3.8, 4) is 17.0 Å². The summed E-state index contributed by atoms with van der Waals surface area (Å²) in [6.45, 7) is 1.93. The molecule has 39 heavy (non-hydrogen) atoms. The molecule has 1 unspecified atom stereocenters. The van der Waals surface area contributed by atoms with E-state index in [1.54, 1.807) is 42.5 Å². The van der Waals surface area contributed by atoms with E-state index >= 15 is 0 Å². The van der Waals surface area contributed by atoms with Crippen LogP contribution in [-0.2, 0) is 0 Å². The fraction of sp³-hybridized carbons (Fsp3) is 0.207. The van der Waals surface area contributed by atoms with E-state index in [4.69, 9.17) is 9.15 Å². The quantitative estimate of drug-likeness (QED) is 0.275. The van der Waals surface area contributed by atoms with Gasteiger partial charge in [0.05, 0.1) is 18.1 Å². The molecule has 5 aromatic rings. The third kappa shape index (κ3) is 4.47. The van der Waals surface area contributed by atoms with Crippen molar-refractivity contribution in [2.45, 2.75) is 31.9 Å². The molecule has 3 heterocycles. The van der Waals surface area contributed by atoms with Crippen LogP contribution < -0.4 is 10.5 Å². The van der Waals surface area contributed by atoms with Crippen molar-refractivity contribution in [3.63, 3.8) is 0 Å². The number of hydrogen-bond acceptors (Lipinski definition) is 5. The van der Waals surface area contributed by atoms with E-state index in [2.05, 4.69) is 15.2 Å². The Kier molecular flexibility index (Phi) is 5.82. The summed E-state index contributed by atoms with van der Waals surface area (Å²) in [5.74, 6) is -3.76. The smallest absolute Gasteiger partial charge is 0.417 e. The number of aromatic amines is 2. The summed E-state index contributed by atoms with van der Waals surface area (Å²) in [7, 11) is 0. The zero-order valence-electron chi connectivity index (χ0n) is 21.1. The van der Waals surface area contributed by atoms with Gasteiger partial charge in [-0.25, -0.2) is 13.6 Å². The lowest BCUT2D eigenvalue weighted by Crippen LogP contribution is -2.38. The number of carbonyl (C=O) groups excluding carboxylic acids is 1. The van der Waals surface area contributed by atoms with Gasteiger partial charge >= 0.3 is 5.76 Å². The second-order valence-corrected chi connectivity index (χ2v) is 9.70. The molecule has 0 radical (unpaired) electrons. The molecule has 0 saturated heterocycles. The summed E-state index contributed by atoms with van der Waals surface area (Å²) >= 11 is 0. The van der Waals surface area contributed by atoms with Gasteiger partial charge in [-0.05, 0) is 42.3 Å². The normalized spacial score (nSPS) is 16.1. The lowest BCUT2D eigenvalue weighted by molar-refractivity contribution is -0.0148. The molecule has 6 rings (SSSR count). The predicted molar refractivity (Wildman–Crippen MR) is 140 cm³/mol. The molecule has 2 N–H and O–H groups in total. The van der Waals surface area contributed by atoms with E-state index in [0.29, 0.717) is 33.7 Å². The second kappa shape index (κ2) is 9.23. The van der Waals surface area contributed by atoms with Crippen LogP contribution in [0.15, 0.2) is 82.0 Å². The minimum atomic E-state index is -3.13. The molecule has 198 valence electrons. The number of rotatable bonds is 7. The zero-order chi connectivity index (χ0) is 27.3. The van der Waals surface area contributed by atoms with Gasteiger partial charge in [-0.15, -0.1) is 0 Å². The molecule has 1 aliphatic heterocycles. The van der Waals surface area contributed by atoms with E-state index in [1.165, 1.54) is 0 Å². The van der Waals surface area contributed by atoms with Crippen molar-refractivity contribution in [1.82, 2.24) is 20.1 Å². The largest absolute Gasteiger partial charge is 0.486 e. The third-order valence-electron chi connectivity index (χ3n) is 6.79. The lowest BCUT2D eigenvalue weighted by atomic mass is 9.95. The Morgan fingerprint density at radius 3 is 2.51 bits per heavy atom. The Hall–Kier alpha value is -4.73. The van der Waals surface area contributed by atoms with Gasteiger partial charge in [0.25, 0.3) is 11.8 Å². The van der Waals surface area contributed by atoms with Crippen molar-refractivity contribution < 1.29 is 22.7 Å². The van der Waals surface area contributed by atoms with Crippen LogP contribution in [0.4, 0.5) is 8.78 Å². The van der Waals surface area contributed by atoms with Crippen molar-refractivity contribution >= 4 is 17.0 Å². The molecule has 0 aliphatic carbocycles. The summed E-state index contributed by atoms with van der Waals surface area (Å²) in [6.07, 6.45) is -0.205. The van der Waals surface area contributed by atoms with Gasteiger partial charge in [-0.1, -0.05) is 48.5 Å². The summed E-state index contributed by atoms with van der Waals surface area (Å²) in [6, 6.07) is 21.0. The van der Waals surface area contributed by atoms with E-state index < -0.39 is 30.2 Å². The maximum absolute atomic E-state index is 14.3. The first-order valence-corrected chi connectivity index (χ1v) is 12.4. The van der Waals surface area contributed by atoms with E-state index in [9.17, 15) is 18.4 Å². The number of alkyl halides is 2. The van der Waals surface area contributed by atoms with Gasteiger partial charge in [0.1, 0.15) is 23.2 Å². The first kappa shape index (κ1) is 24.6. The van der Waals surface area contributed by atoms with Crippen LogP contribution in [0.2, 0.25) is 0 Å². The Balaban J connectivity index is 1.41.